The van der Waals surface area contributed by atoms with Crippen LogP contribution in [0.2, 0.25) is 0 Å². The molecule has 1 amide bonds. The van der Waals surface area contributed by atoms with Crippen molar-refractivity contribution in [3.8, 4) is 5.75 Å². The van der Waals surface area contributed by atoms with Crippen molar-refractivity contribution in [3.63, 3.8) is 0 Å². The predicted octanol–water partition coefficient (Wildman–Crippen LogP) is 3.41. The van der Waals surface area contributed by atoms with Crippen molar-refractivity contribution >= 4 is 49.9 Å². The van der Waals surface area contributed by atoms with Crippen molar-refractivity contribution in [1.29, 1.82) is 0 Å². The Balaban J connectivity index is 1.67. The van der Waals surface area contributed by atoms with Crippen LogP contribution in [0.25, 0.3) is 0 Å². The normalized spacial score (nSPS) is 14.7. The van der Waals surface area contributed by atoms with Gasteiger partial charge in [-0.2, -0.15) is 5.10 Å². The summed E-state index contributed by atoms with van der Waals surface area (Å²) in [6.45, 7) is 2.87. The summed E-state index contributed by atoms with van der Waals surface area (Å²) in [4.78, 5) is 14.4. The van der Waals surface area contributed by atoms with Gasteiger partial charge in [0, 0.05) is 23.6 Å². The first-order chi connectivity index (χ1) is 12.6. The standard InChI is InChI=1S/C17H17Br2N3O4/c1-24-15-3-2-11(18)8-13(15)16(23)21-20-10-12-9-14(19)17(26-12)22-4-6-25-7-5-22/h2-3,8-10H,4-7H2,1H3,(H,21,23)/b20-10-. The van der Waals surface area contributed by atoms with E-state index in [1.807, 2.05) is 0 Å². The van der Waals surface area contributed by atoms with Gasteiger partial charge in [-0.25, -0.2) is 5.43 Å². The van der Waals surface area contributed by atoms with E-state index in [0.717, 1.165) is 27.9 Å². The maximum absolute atomic E-state index is 12.3. The second kappa shape index (κ2) is 8.70. The second-order valence-electron chi connectivity index (χ2n) is 5.45. The quantitative estimate of drug-likeness (QED) is 0.517. The van der Waals surface area contributed by atoms with Gasteiger partial charge in [0.25, 0.3) is 5.91 Å². The molecular formula is C17H17Br2N3O4. The molecule has 0 saturated carbocycles. The van der Waals surface area contributed by atoms with E-state index in [9.17, 15) is 4.79 Å². The van der Waals surface area contributed by atoms with Gasteiger partial charge in [0.15, 0.2) is 5.76 Å². The highest BCUT2D eigenvalue weighted by Crippen LogP contribution is 2.30. The van der Waals surface area contributed by atoms with E-state index in [0.29, 0.717) is 30.3 Å². The molecule has 2 heterocycles. The number of benzene rings is 1. The summed E-state index contributed by atoms with van der Waals surface area (Å²) in [7, 11) is 1.51. The molecule has 2 aromatic rings. The summed E-state index contributed by atoms with van der Waals surface area (Å²) in [6, 6.07) is 6.98. The van der Waals surface area contributed by atoms with Gasteiger partial charge < -0.3 is 18.8 Å². The smallest absolute Gasteiger partial charge is 0.275 e. The van der Waals surface area contributed by atoms with Crippen molar-refractivity contribution < 1.29 is 18.7 Å². The van der Waals surface area contributed by atoms with E-state index < -0.39 is 0 Å². The molecular weight excluding hydrogens is 470 g/mol. The number of carbonyl (C=O) groups is 1. The Bertz CT molecular complexity index is 816. The molecule has 1 aromatic carbocycles. The van der Waals surface area contributed by atoms with Crippen molar-refractivity contribution in [2.75, 3.05) is 38.3 Å². The van der Waals surface area contributed by atoms with Crippen LogP contribution < -0.4 is 15.1 Å². The molecule has 1 aliphatic heterocycles. The lowest BCUT2D eigenvalue weighted by Crippen LogP contribution is -2.36. The lowest BCUT2D eigenvalue weighted by molar-refractivity contribution is 0.0952. The third-order valence-corrected chi connectivity index (χ3v) is 4.81. The molecule has 9 heteroatoms. The highest BCUT2D eigenvalue weighted by atomic mass is 79.9. The fraction of sp³-hybridized carbons (Fsp3) is 0.294. The molecule has 0 bridgehead atoms. The average molecular weight is 487 g/mol. The maximum atomic E-state index is 12.3. The highest BCUT2D eigenvalue weighted by Gasteiger charge is 2.18. The molecule has 3 rings (SSSR count). The molecule has 0 radical (unpaired) electrons. The number of morpholine rings is 1. The van der Waals surface area contributed by atoms with Crippen molar-refractivity contribution in [3.05, 3.63) is 44.5 Å². The average Bonchev–Trinajstić information content (AvgIpc) is 3.03. The number of nitrogens with zero attached hydrogens (tertiary/aromatic N) is 2. The molecule has 1 N–H and O–H groups in total. The first-order valence-corrected chi connectivity index (χ1v) is 9.46. The first-order valence-electron chi connectivity index (χ1n) is 7.87. The highest BCUT2D eigenvalue weighted by molar-refractivity contribution is 9.10. The topological polar surface area (TPSA) is 76.3 Å². The van der Waals surface area contributed by atoms with E-state index >= 15 is 0 Å². The summed E-state index contributed by atoms with van der Waals surface area (Å²) >= 11 is 6.83. The molecule has 138 valence electrons. The van der Waals surface area contributed by atoms with E-state index in [2.05, 4.69) is 47.3 Å². The Morgan fingerprint density at radius 1 is 1.31 bits per heavy atom. The van der Waals surface area contributed by atoms with Crippen LogP contribution in [0.1, 0.15) is 16.1 Å². The number of hydrogen-bond donors (Lipinski definition) is 1. The van der Waals surface area contributed by atoms with Crippen LogP contribution in [0, 0.1) is 0 Å². The van der Waals surface area contributed by atoms with Crippen LogP contribution in [0.4, 0.5) is 5.88 Å². The maximum Gasteiger partial charge on any atom is 0.275 e. The molecule has 0 spiro atoms. The summed E-state index contributed by atoms with van der Waals surface area (Å²) in [5.74, 6) is 1.35. The molecule has 0 aliphatic carbocycles. The minimum atomic E-state index is -0.376. The number of anilines is 1. The van der Waals surface area contributed by atoms with Gasteiger partial charge in [-0.1, -0.05) is 15.9 Å². The van der Waals surface area contributed by atoms with Crippen molar-refractivity contribution in [2.45, 2.75) is 0 Å². The summed E-state index contributed by atoms with van der Waals surface area (Å²) in [6.07, 6.45) is 1.46. The van der Waals surface area contributed by atoms with Crippen molar-refractivity contribution in [1.82, 2.24) is 5.43 Å². The van der Waals surface area contributed by atoms with E-state index in [1.54, 1.807) is 24.3 Å². The second-order valence-corrected chi connectivity index (χ2v) is 7.22. The van der Waals surface area contributed by atoms with Gasteiger partial charge in [-0.3, -0.25) is 4.79 Å². The fourth-order valence-electron chi connectivity index (χ4n) is 2.49. The number of carbonyl (C=O) groups excluding carboxylic acids is 1. The van der Waals surface area contributed by atoms with Crippen LogP contribution in [-0.4, -0.2) is 45.5 Å². The van der Waals surface area contributed by atoms with Crippen LogP contribution in [0.15, 0.2) is 42.7 Å². The zero-order valence-corrected chi connectivity index (χ0v) is 17.2. The minimum absolute atomic E-state index is 0.376. The number of halogens is 2. The third-order valence-electron chi connectivity index (χ3n) is 3.75. The Morgan fingerprint density at radius 3 is 2.81 bits per heavy atom. The first kappa shape index (κ1) is 18.9. The van der Waals surface area contributed by atoms with Gasteiger partial charge in [0.05, 0.1) is 36.6 Å². The lowest BCUT2D eigenvalue weighted by atomic mass is 10.2. The van der Waals surface area contributed by atoms with Crippen LogP contribution in [0.3, 0.4) is 0 Å². The summed E-state index contributed by atoms with van der Waals surface area (Å²) < 4.78 is 17.9. The van der Waals surface area contributed by atoms with Crippen LogP contribution >= 0.6 is 31.9 Å². The molecule has 1 aliphatic rings. The van der Waals surface area contributed by atoms with Crippen LogP contribution in [0.5, 0.6) is 5.75 Å². The Hall–Kier alpha value is -1.84. The number of furan rings is 1. The number of rotatable bonds is 5. The van der Waals surface area contributed by atoms with Gasteiger partial charge in [-0.15, -0.1) is 0 Å². The summed E-state index contributed by atoms with van der Waals surface area (Å²) in [5.41, 5.74) is 2.86. The number of amides is 1. The molecule has 0 unspecified atom stereocenters. The Kier molecular flexibility index (Phi) is 6.33. The number of hydrogen-bond acceptors (Lipinski definition) is 6. The fourth-order valence-corrected chi connectivity index (χ4v) is 3.41. The monoisotopic (exact) mass is 485 g/mol. The van der Waals surface area contributed by atoms with E-state index in [1.165, 1.54) is 13.3 Å². The zero-order valence-electron chi connectivity index (χ0n) is 14.0. The van der Waals surface area contributed by atoms with Gasteiger partial charge in [-0.05, 0) is 34.1 Å². The molecule has 7 nitrogen and oxygen atoms in total. The van der Waals surface area contributed by atoms with E-state index in [-0.39, 0.29) is 5.91 Å². The van der Waals surface area contributed by atoms with Gasteiger partial charge in [0.1, 0.15) is 5.75 Å². The summed E-state index contributed by atoms with van der Waals surface area (Å²) in [5, 5.41) is 3.97. The zero-order chi connectivity index (χ0) is 18.5. The lowest BCUT2D eigenvalue weighted by Gasteiger charge is -2.26. The molecule has 26 heavy (non-hydrogen) atoms. The molecule has 1 fully saturated rings. The number of nitrogens with one attached hydrogen (secondary N) is 1. The molecule has 1 saturated heterocycles. The molecule has 0 atom stereocenters. The minimum Gasteiger partial charge on any atom is -0.496 e. The van der Waals surface area contributed by atoms with E-state index in [4.69, 9.17) is 13.9 Å². The number of hydrazone groups is 1. The third kappa shape index (κ3) is 4.46. The van der Waals surface area contributed by atoms with Gasteiger partial charge >= 0.3 is 0 Å². The Labute approximate surface area is 167 Å². The largest absolute Gasteiger partial charge is 0.496 e. The number of ether oxygens (including phenoxy) is 2. The van der Waals surface area contributed by atoms with Crippen LogP contribution in [-0.2, 0) is 4.74 Å². The predicted molar refractivity (Wildman–Crippen MR) is 105 cm³/mol. The SMILES string of the molecule is COc1ccc(Br)cc1C(=O)N/N=C\c1cc(Br)c(N2CCOCC2)o1. The van der Waals surface area contributed by atoms with Gasteiger partial charge in [0.2, 0.25) is 5.88 Å². The molecule has 1 aromatic heterocycles. The van der Waals surface area contributed by atoms with Crippen molar-refractivity contribution in [2.24, 2.45) is 5.10 Å². The Morgan fingerprint density at radius 2 is 2.08 bits per heavy atom. The number of methoxy groups -OCH3 is 1.